The summed E-state index contributed by atoms with van der Waals surface area (Å²) in [5, 5.41) is 3.26. The molecule has 0 unspecified atom stereocenters. The first-order chi connectivity index (χ1) is 10.1. The summed E-state index contributed by atoms with van der Waals surface area (Å²) in [5.41, 5.74) is 7.18. The van der Waals surface area contributed by atoms with E-state index in [1.54, 1.807) is 4.90 Å². The number of hydrogen-bond donors (Lipinski definition) is 2. The molecule has 0 aliphatic carbocycles. The highest BCUT2D eigenvalue weighted by Gasteiger charge is 2.27. The lowest BCUT2D eigenvalue weighted by atomic mass is 9.96. The molecule has 0 aromatic heterocycles. The first-order valence-corrected chi connectivity index (χ1v) is 7.45. The van der Waals surface area contributed by atoms with Crippen LogP contribution in [-0.2, 0) is 9.59 Å². The SMILES string of the molecule is Cc1cccc(N(CCC(N)=O)C(=O)C2CCNCC2)c1. The highest BCUT2D eigenvalue weighted by atomic mass is 16.2. The molecule has 1 aliphatic heterocycles. The summed E-state index contributed by atoms with van der Waals surface area (Å²) in [6.07, 6.45) is 1.88. The summed E-state index contributed by atoms with van der Waals surface area (Å²) in [6.45, 7) is 4.08. The Bertz CT molecular complexity index is 510. The van der Waals surface area contributed by atoms with E-state index in [0.717, 1.165) is 37.2 Å². The summed E-state index contributed by atoms with van der Waals surface area (Å²) in [5.74, 6) is -0.256. The zero-order valence-electron chi connectivity index (χ0n) is 12.5. The Morgan fingerprint density at radius 1 is 1.33 bits per heavy atom. The molecule has 1 heterocycles. The highest BCUT2D eigenvalue weighted by Crippen LogP contribution is 2.22. The lowest BCUT2D eigenvalue weighted by Gasteiger charge is -2.29. The number of anilines is 1. The first-order valence-electron chi connectivity index (χ1n) is 7.45. The lowest BCUT2D eigenvalue weighted by Crippen LogP contribution is -2.42. The minimum atomic E-state index is -0.384. The molecular formula is C16H23N3O2. The van der Waals surface area contributed by atoms with Crippen molar-refractivity contribution in [3.05, 3.63) is 29.8 Å². The van der Waals surface area contributed by atoms with Gasteiger partial charge in [0.1, 0.15) is 0 Å². The lowest BCUT2D eigenvalue weighted by molar-refractivity contribution is -0.123. The van der Waals surface area contributed by atoms with Crippen LogP contribution in [0.4, 0.5) is 5.69 Å². The van der Waals surface area contributed by atoms with Crippen molar-refractivity contribution in [3.63, 3.8) is 0 Å². The van der Waals surface area contributed by atoms with E-state index in [9.17, 15) is 9.59 Å². The second-order valence-corrected chi connectivity index (χ2v) is 5.57. The number of nitrogens with zero attached hydrogens (tertiary/aromatic N) is 1. The molecule has 1 aromatic carbocycles. The Labute approximate surface area is 125 Å². The third-order valence-corrected chi connectivity index (χ3v) is 3.85. The monoisotopic (exact) mass is 289 g/mol. The Balaban J connectivity index is 2.18. The number of carbonyl (C=O) groups is 2. The Morgan fingerprint density at radius 2 is 2.05 bits per heavy atom. The van der Waals surface area contributed by atoms with Crippen molar-refractivity contribution < 1.29 is 9.59 Å². The minimum Gasteiger partial charge on any atom is -0.370 e. The van der Waals surface area contributed by atoms with E-state index in [0.29, 0.717) is 6.54 Å². The van der Waals surface area contributed by atoms with Crippen molar-refractivity contribution in [2.24, 2.45) is 11.7 Å². The minimum absolute atomic E-state index is 0.0274. The molecule has 1 aliphatic rings. The molecule has 2 rings (SSSR count). The summed E-state index contributed by atoms with van der Waals surface area (Å²) < 4.78 is 0. The van der Waals surface area contributed by atoms with Crippen molar-refractivity contribution in [2.75, 3.05) is 24.5 Å². The van der Waals surface area contributed by atoms with Crippen molar-refractivity contribution >= 4 is 17.5 Å². The number of primary amides is 1. The summed E-state index contributed by atoms with van der Waals surface area (Å²) >= 11 is 0. The average Bonchev–Trinajstić information content (AvgIpc) is 2.48. The fourth-order valence-corrected chi connectivity index (χ4v) is 2.67. The molecule has 3 N–H and O–H groups in total. The number of nitrogens with two attached hydrogens (primary N) is 1. The van der Waals surface area contributed by atoms with Gasteiger partial charge in [-0.1, -0.05) is 12.1 Å². The second kappa shape index (κ2) is 7.22. The van der Waals surface area contributed by atoms with Crippen molar-refractivity contribution in [1.29, 1.82) is 0 Å². The third kappa shape index (κ3) is 4.29. The highest BCUT2D eigenvalue weighted by molar-refractivity contribution is 5.95. The standard InChI is InChI=1S/C16H23N3O2/c1-12-3-2-4-14(11-12)19(10-7-15(17)20)16(21)13-5-8-18-9-6-13/h2-4,11,13,18H,5-10H2,1H3,(H2,17,20). The molecule has 1 fully saturated rings. The molecule has 0 bridgehead atoms. The number of piperidine rings is 1. The van der Waals surface area contributed by atoms with E-state index < -0.39 is 0 Å². The van der Waals surface area contributed by atoms with Gasteiger partial charge in [-0.3, -0.25) is 9.59 Å². The largest absolute Gasteiger partial charge is 0.370 e. The third-order valence-electron chi connectivity index (χ3n) is 3.85. The molecule has 5 heteroatoms. The number of benzene rings is 1. The van der Waals surface area contributed by atoms with Crippen molar-refractivity contribution in [3.8, 4) is 0 Å². The van der Waals surface area contributed by atoms with Gasteiger partial charge in [-0.15, -0.1) is 0 Å². The van der Waals surface area contributed by atoms with Gasteiger partial charge in [0, 0.05) is 24.6 Å². The van der Waals surface area contributed by atoms with E-state index >= 15 is 0 Å². The van der Waals surface area contributed by atoms with E-state index in [1.165, 1.54) is 0 Å². The molecule has 1 saturated heterocycles. The number of carbonyl (C=O) groups excluding carboxylic acids is 2. The smallest absolute Gasteiger partial charge is 0.230 e. The van der Waals surface area contributed by atoms with Gasteiger partial charge in [0.2, 0.25) is 11.8 Å². The van der Waals surface area contributed by atoms with Crippen LogP contribution >= 0.6 is 0 Å². The maximum atomic E-state index is 12.8. The fourth-order valence-electron chi connectivity index (χ4n) is 2.67. The molecule has 0 spiro atoms. The van der Waals surface area contributed by atoms with Crippen LogP contribution in [0.15, 0.2) is 24.3 Å². The summed E-state index contributed by atoms with van der Waals surface area (Å²) in [7, 11) is 0. The van der Waals surface area contributed by atoms with Crippen LogP contribution in [-0.4, -0.2) is 31.4 Å². The maximum absolute atomic E-state index is 12.8. The number of nitrogens with one attached hydrogen (secondary N) is 1. The fraction of sp³-hybridized carbons (Fsp3) is 0.500. The molecule has 0 saturated carbocycles. The molecule has 0 radical (unpaired) electrons. The van der Waals surface area contributed by atoms with Crippen LogP contribution < -0.4 is 16.0 Å². The summed E-state index contributed by atoms with van der Waals surface area (Å²) in [6, 6.07) is 7.80. The molecule has 5 nitrogen and oxygen atoms in total. The van der Waals surface area contributed by atoms with E-state index in [2.05, 4.69) is 5.32 Å². The molecule has 114 valence electrons. The number of rotatable bonds is 5. The van der Waals surface area contributed by atoms with Gasteiger partial charge in [-0.2, -0.15) is 0 Å². The van der Waals surface area contributed by atoms with Crippen molar-refractivity contribution in [2.45, 2.75) is 26.2 Å². The predicted molar refractivity (Wildman–Crippen MR) is 82.9 cm³/mol. The maximum Gasteiger partial charge on any atom is 0.230 e. The number of hydrogen-bond acceptors (Lipinski definition) is 3. The van der Waals surface area contributed by atoms with Crippen LogP contribution in [0.3, 0.4) is 0 Å². The van der Waals surface area contributed by atoms with Crippen LogP contribution in [0.5, 0.6) is 0 Å². The van der Waals surface area contributed by atoms with E-state index in [-0.39, 0.29) is 24.2 Å². The van der Waals surface area contributed by atoms with E-state index in [4.69, 9.17) is 5.73 Å². The van der Waals surface area contributed by atoms with Gasteiger partial charge in [0.15, 0.2) is 0 Å². The number of aryl methyl sites for hydroxylation is 1. The van der Waals surface area contributed by atoms with Gasteiger partial charge in [-0.25, -0.2) is 0 Å². The average molecular weight is 289 g/mol. The Kier molecular flexibility index (Phi) is 5.33. The zero-order chi connectivity index (χ0) is 15.2. The van der Waals surface area contributed by atoms with Gasteiger partial charge >= 0.3 is 0 Å². The topological polar surface area (TPSA) is 75.4 Å². The Morgan fingerprint density at radius 3 is 2.67 bits per heavy atom. The van der Waals surface area contributed by atoms with Crippen LogP contribution in [0, 0.1) is 12.8 Å². The van der Waals surface area contributed by atoms with Crippen LogP contribution in [0.1, 0.15) is 24.8 Å². The van der Waals surface area contributed by atoms with E-state index in [1.807, 2.05) is 31.2 Å². The normalized spacial score (nSPS) is 15.7. The van der Waals surface area contributed by atoms with Gasteiger partial charge in [0.25, 0.3) is 0 Å². The molecule has 21 heavy (non-hydrogen) atoms. The predicted octanol–water partition coefficient (Wildman–Crippen LogP) is 1.20. The van der Waals surface area contributed by atoms with Crippen molar-refractivity contribution in [1.82, 2.24) is 5.32 Å². The van der Waals surface area contributed by atoms with Gasteiger partial charge in [0.05, 0.1) is 0 Å². The van der Waals surface area contributed by atoms with Crippen LogP contribution in [0.2, 0.25) is 0 Å². The first kappa shape index (κ1) is 15.5. The molecule has 2 amide bonds. The van der Waals surface area contributed by atoms with Crippen LogP contribution in [0.25, 0.3) is 0 Å². The number of amides is 2. The molecule has 1 aromatic rings. The Hall–Kier alpha value is -1.88. The molecule has 0 atom stereocenters. The van der Waals surface area contributed by atoms with Gasteiger partial charge < -0.3 is 16.0 Å². The molecular weight excluding hydrogens is 266 g/mol. The summed E-state index contributed by atoms with van der Waals surface area (Å²) in [4.78, 5) is 25.6. The van der Waals surface area contributed by atoms with Gasteiger partial charge in [-0.05, 0) is 50.6 Å². The zero-order valence-corrected chi connectivity index (χ0v) is 12.5. The quantitative estimate of drug-likeness (QED) is 0.855. The second-order valence-electron chi connectivity index (χ2n) is 5.57.